The van der Waals surface area contributed by atoms with Crippen LogP contribution in [-0.4, -0.2) is 37.7 Å². The molecule has 0 aliphatic carbocycles. The second-order valence-corrected chi connectivity index (χ2v) is 5.60. The quantitative estimate of drug-likeness (QED) is 0.838. The van der Waals surface area contributed by atoms with Gasteiger partial charge in [-0.05, 0) is 42.9 Å². The largest absolute Gasteiger partial charge is 0.449 e. The zero-order chi connectivity index (χ0) is 15.1. The van der Waals surface area contributed by atoms with Crippen LogP contribution < -0.4 is 5.32 Å². The van der Waals surface area contributed by atoms with Crippen molar-refractivity contribution in [2.24, 2.45) is 0 Å². The summed E-state index contributed by atoms with van der Waals surface area (Å²) in [6.45, 7) is 4.22. The van der Waals surface area contributed by atoms with Crippen molar-refractivity contribution in [3.05, 3.63) is 29.8 Å². The number of carbonyl (C=O) groups is 1. The molecule has 0 bridgehead atoms. The Labute approximate surface area is 127 Å². The van der Waals surface area contributed by atoms with Crippen LogP contribution in [0.3, 0.4) is 0 Å². The van der Waals surface area contributed by atoms with Crippen molar-refractivity contribution in [3.8, 4) is 0 Å². The first-order chi connectivity index (χ1) is 10.2. The van der Waals surface area contributed by atoms with Gasteiger partial charge in [-0.2, -0.15) is 0 Å². The van der Waals surface area contributed by atoms with Crippen molar-refractivity contribution in [2.45, 2.75) is 38.5 Å². The predicted molar refractivity (Wildman–Crippen MR) is 85.8 cm³/mol. The van der Waals surface area contributed by atoms with Gasteiger partial charge in [-0.1, -0.05) is 25.5 Å². The lowest BCUT2D eigenvalue weighted by molar-refractivity contribution is 0.0916. The third kappa shape index (κ3) is 4.38. The third-order valence-corrected chi connectivity index (χ3v) is 4.12. The lowest BCUT2D eigenvalue weighted by Gasteiger charge is -2.31. The highest BCUT2D eigenvalue weighted by molar-refractivity contribution is 5.67. The molecular formula is C17H26N2O2. The molecule has 21 heavy (non-hydrogen) atoms. The Hall–Kier alpha value is -1.71. The number of benzene rings is 1. The van der Waals surface area contributed by atoms with Gasteiger partial charge >= 0.3 is 6.09 Å². The van der Waals surface area contributed by atoms with Crippen molar-refractivity contribution >= 4 is 11.8 Å². The molecule has 0 saturated carbocycles. The lowest BCUT2D eigenvalue weighted by atomic mass is 9.89. The standard InChI is InChI=1S/C17H26N2O2/c1-3-4-12-21-17(20)19-10-8-14(9-11-19)15-6-5-7-16(13-15)18-2/h5-7,13-14,18H,3-4,8-12H2,1-2H3. The molecule has 1 N–H and O–H groups in total. The molecule has 0 unspecified atom stereocenters. The van der Waals surface area contributed by atoms with E-state index in [2.05, 4.69) is 36.5 Å². The Morgan fingerprint density at radius 3 is 2.81 bits per heavy atom. The van der Waals surface area contributed by atoms with Crippen LogP contribution in [0.2, 0.25) is 0 Å². The van der Waals surface area contributed by atoms with Gasteiger partial charge in [-0.3, -0.25) is 0 Å². The lowest BCUT2D eigenvalue weighted by Crippen LogP contribution is -2.38. The van der Waals surface area contributed by atoms with Crippen LogP contribution in [0.1, 0.15) is 44.1 Å². The SMILES string of the molecule is CCCCOC(=O)N1CCC(c2cccc(NC)c2)CC1. The Morgan fingerprint density at radius 1 is 1.38 bits per heavy atom. The van der Waals surface area contributed by atoms with E-state index in [1.54, 1.807) is 0 Å². The van der Waals surface area contributed by atoms with Crippen LogP contribution >= 0.6 is 0 Å². The number of hydrogen-bond donors (Lipinski definition) is 1. The van der Waals surface area contributed by atoms with E-state index in [0.717, 1.165) is 44.5 Å². The number of carbonyl (C=O) groups excluding carboxylic acids is 1. The second kappa shape index (κ2) is 7.91. The van der Waals surface area contributed by atoms with E-state index in [1.807, 2.05) is 11.9 Å². The van der Waals surface area contributed by atoms with Gasteiger partial charge in [-0.25, -0.2) is 4.79 Å². The molecule has 1 aromatic carbocycles. The van der Waals surface area contributed by atoms with E-state index in [0.29, 0.717) is 12.5 Å². The molecule has 2 rings (SSSR count). The average molecular weight is 290 g/mol. The maximum Gasteiger partial charge on any atom is 0.409 e. The molecule has 1 amide bonds. The van der Waals surface area contributed by atoms with Gasteiger partial charge in [0.25, 0.3) is 0 Å². The van der Waals surface area contributed by atoms with Crippen molar-refractivity contribution in [2.75, 3.05) is 32.1 Å². The smallest absolute Gasteiger partial charge is 0.409 e. The molecule has 0 radical (unpaired) electrons. The monoisotopic (exact) mass is 290 g/mol. The van der Waals surface area contributed by atoms with Gasteiger partial charge in [0.05, 0.1) is 6.61 Å². The molecule has 0 aromatic heterocycles. The Balaban J connectivity index is 1.83. The highest BCUT2D eigenvalue weighted by Gasteiger charge is 2.24. The first kappa shape index (κ1) is 15.7. The fraction of sp³-hybridized carbons (Fsp3) is 0.588. The second-order valence-electron chi connectivity index (χ2n) is 5.60. The predicted octanol–water partition coefficient (Wildman–Crippen LogP) is 3.84. The maximum atomic E-state index is 11.9. The van der Waals surface area contributed by atoms with Crippen molar-refractivity contribution in [1.29, 1.82) is 0 Å². The molecule has 116 valence electrons. The van der Waals surface area contributed by atoms with Gasteiger partial charge in [0.1, 0.15) is 0 Å². The van der Waals surface area contributed by atoms with E-state index in [4.69, 9.17) is 4.74 Å². The molecule has 1 aliphatic heterocycles. The molecule has 4 nitrogen and oxygen atoms in total. The summed E-state index contributed by atoms with van der Waals surface area (Å²) in [5.41, 5.74) is 2.51. The number of likely N-dealkylation sites (tertiary alicyclic amines) is 1. The van der Waals surface area contributed by atoms with Crippen molar-refractivity contribution in [1.82, 2.24) is 4.90 Å². The summed E-state index contributed by atoms with van der Waals surface area (Å²) >= 11 is 0. The number of amides is 1. The first-order valence-corrected chi connectivity index (χ1v) is 7.94. The molecule has 1 saturated heterocycles. The Bertz CT molecular complexity index is 454. The summed E-state index contributed by atoms with van der Waals surface area (Å²) in [6.07, 6.45) is 3.87. The fourth-order valence-corrected chi connectivity index (χ4v) is 2.74. The summed E-state index contributed by atoms with van der Waals surface area (Å²) in [6, 6.07) is 8.55. The molecule has 1 aliphatic rings. The van der Waals surface area contributed by atoms with E-state index >= 15 is 0 Å². The zero-order valence-electron chi connectivity index (χ0n) is 13.1. The topological polar surface area (TPSA) is 41.6 Å². The van der Waals surface area contributed by atoms with Gasteiger partial charge < -0.3 is 15.0 Å². The van der Waals surface area contributed by atoms with Gasteiger partial charge in [0.15, 0.2) is 0 Å². The van der Waals surface area contributed by atoms with E-state index < -0.39 is 0 Å². The van der Waals surface area contributed by atoms with Crippen LogP contribution in [0.5, 0.6) is 0 Å². The zero-order valence-corrected chi connectivity index (χ0v) is 13.1. The summed E-state index contributed by atoms with van der Waals surface area (Å²) in [7, 11) is 1.94. The molecule has 4 heteroatoms. The van der Waals surface area contributed by atoms with Crippen molar-refractivity contribution in [3.63, 3.8) is 0 Å². The van der Waals surface area contributed by atoms with E-state index in [9.17, 15) is 4.79 Å². The third-order valence-electron chi connectivity index (χ3n) is 4.12. The van der Waals surface area contributed by atoms with E-state index in [-0.39, 0.29) is 6.09 Å². The average Bonchev–Trinajstić information content (AvgIpc) is 2.55. The molecule has 1 fully saturated rings. The summed E-state index contributed by atoms with van der Waals surface area (Å²) in [5, 5.41) is 3.18. The van der Waals surface area contributed by atoms with Crippen LogP contribution in [0.4, 0.5) is 10.5 Å². The number of piperidine rings is 1. The van der Waals surface area contributed by atoms with E-state index in [1.165, 1.54) is 5.56 Å². The normalized spacial score (nSPS) is 15.8. The fourth-order valence-electron chi connectivity index (χ4n) is 2.74. The molecule has 1 aromatic rings. The number of ether oxygens (including phenoxy) is 1. The number of unbranched alkanes of at least 4 members (excludes halogenated alkanes) is 1. The minimum atomic E-state index is -0.147. The minimum absolute atomic E-state index is 0.147. The minimum Gasteiger partial charge on any atom is -0.449 e. The number of nitrogens with zero attached hydrogens (tertiary/aromatic N) is 1. The number of rotatable bonds is 5. The molecule has 0 spiro atoms. The van der Waals surface area contributed by atoms with Gasteiger partial charge in [0.2, 0.25) is 0 Å². The molecule has 0 atom stereocenters. The Kier molecular flexibility index (Phi) is 5.90. The summed E-state index contributed by atoms with van der Waals surface area (Å²) < 4.78 is 5.28. The van der Waals surface area contributed by atoms with Crippen LogP contribution in [0, 0.1) is 0 Å². The molecule has 1 heterocycles. The van der Waals surface area contributed by atoms with Crippen molar-refractivity contribution < 1.29 is 9.53 Å². The molecular weight excluding hydrogens is 264 g/mol. The highest BCUT2D eigenvalue weighted by Crippen LogP contribution is 2.29. The van der Waals surface area contributed by atoms with Gasteiger partial charge in [0, 0.05) is 25.8 Å². The van der Waals surface area contributed by atoms with Crippen LogP contribution in [0.15, 0.2) is 24.3 Å². The Morgan fingerprint density at radius 2 is 2.14 bits per heavy atom. The van der Waals surface area contributed by atoms with Crippen LogP contribution in [-0.2, 0) is 4.74 Å². The summed E-state index contributed by atoms with van der Waals surface area (Å²) in [4.78, 5) is 13.8. The van der Waals surface area contributed by atoms with Crippen LogP contribution in [0.25, 0.3) is 0 Å². The van der Waals surface area contributed by atoms with Gasteiger partial charge in [-0.15, -0.1) is 0 Å². The summed E-state index contributed by atoms with van der Waals surface area (Å²) in [5.74, 6) is 0.540. The highest BCUT2D eigenvalue weighted by atomic mass is 16.6. The number of nitrogens with one attached hydrogen (secondary N) is 1. The number of hydrogen-bond acceptors (Lipinski definition) is 3. The maximum absolute atomic E-state index is 11.9. The number of anilines is 1. The first-order valence-electron chi connectivity index (χ1n) is 7.94.